The quantitative estimate of drug-likeness (QED) is 0.582. The van der Waals surface area contributed by atoms with Crippen LogP contribution < -0.4 is 10.6 Å². The number of nitrogens with zero attached hydrogens (tertiary/aromatic N) is 1. The molecule has 7 nitrogen and oxygen atoms in total. The summed E-state index contributed by atoms with van der Waals surface area (Å²) in [6.45, 7) is 5.42. The molecule has 2 N–H and O–H groups in total. The number of rotatable bonds is 5. The van der Waals surface area contributed by atoms with E-state index in [0.717, 1.165) is 45.8 Å². The molecule has 2 aromatic rings. The molecule has 0 unspecified atom stereocenters. The van der Waals surface area contributed by atoms with E-state index < -0.39 is 4.92 Å². The number of nitrogens with one attached hydrogen (secondary N) is 2. The van der Waals surface area contributed by atoms with Crippen molar-refractivity contribution < 1.29 is 14.5 Å². The van der Waals surface area contributed by atoms with Crippen molar-refractivity contribution in [2.75, 3.05) is 18.5 Å². The summed E-state index contributed by atoms with van der Waals surface area (Å²) >= 11 is 1.50. The fourth-order valence-electron chi connectivity index (χ4n) is 3.25. The molecule has 2 heterocycles. The monoisotopic (exact) mass is 389 g/mol. The second-order valence-corrected chi connectivity index (χ2v) is 7.53. The highest BCUT2D eigenvalue weighted by molar-refractivity contribution is 7.20. The van der Waals surface area contributed by atoms with Crippen molar-refractivity contribution in [2.45, 2.75) is 39.2 Å². The molecule has 1 aliphatic heterocycles. The van der Waals surface area contributed by atoms with Crippen LogP contribution in [-0.4, -0.2) is 30.2 Å². The third-order valence-electron chi connectivity index (χ3n) is 4.75. The van der Waals surface area contributed by atoms with E-state index >= 15 is 0 Å². The molecule has 1 aromatic heterocycles. The summed E-state index contributed by atoms with van der Waals surface area (Å²) in [4.78, 5) is 23.9. The van der Waals surface area contributed by atoms with Gasteiger partial charge < -0.3 is 10.1 Å². The first-order chi connectivity index (χ1) is 13.0. The molecule has 1 aliphatic rings. The molecule has 27 heavy (non-hydrogen) atoms. The number of nitro groups is 1. The van der Waals surface area contributed by atoms with Gasteiger partial charge in [-0.3, -0.25) is 15.4 Å². The van der Waals surface area contributed by atoms with Gasteiger partial charge in [-0.15, -0.1) is 11.3 Å². The van der Waals surface area contributed by atoms with Crippen LogP contribution in [0.2, 0.25) is 0 Å². The van der Waals surface area contributed by atoms with Crippen molar-refractivity contribution in [2.24, 2.45) is 0 Å². The topological polar surface area (TPSA) is 93.5 Å². The number of carbonyl (C=O) groups excluding carboxylic acids is 1. The minimum Gasteiger partial charge on any atom is -0.381 e. The van der Waals surface area contributed by atoms with Crippen LogP contribution in [-0.2, 0) is 11.2 Å². The number of nitro benzene ring substituents is 1. The first-order valence-corrected chi connectivity index (χ1v) is 9.83. The highest BCUT2D eigenvalue weighted by Gasteiger charge is 2.20. The summed E-state index contributed by atoms with van der Waals surface area (Å²) in [6.07, 6.45) is 2.44. The average molecular weight is 389 g/mol. The van der Waals surface area contributed by atoms with Gasteiger partial charge in [0.05, 0.1) is 4.92 Å². The van der Waals surface area contributed by atoms with Crippen molar-refractivity contribution >= 4 is 28.1 Å². The minimum absolute atomic E-state index is 0.0675. The second-order valence-electron chi connectivity index (χ2n) is 6.51. The molecular formula is C19H23N3O4S. The second kappa shape index (κ2) is 8.49. The Morgan fingerprint density at radius 2 is 1.96 bits per heavy atom. The number of carbonyl (C=O) groups is 1. The first-order valence-electron chi connectivity index (χ1n) is 9.02. The zero-order valence-electron chi connectivity index (χ0n) is 15.4. The molecule has 0 spiro atoms. The summed E-state index contributed by atoms with van der Waals surface area (Å²) in [6, 6.07) is 6.45. The van der Waals surface area contributed by atoms with Crippen LogP contribution in [0.3, 0.4) is 0 Å². The fourth-order valence-corrected chi connectivity index (χ4v) is 4.55. The molecule has 3 rings (SSSR count). The summed E-state index contributed by atoms with van der Waals surface area (Å²) in [7, 11) is 0. The number of urea groups is 1. The number of thiophene rings is 1. The van der Waals surface area contributed by atoms with E-state index in [1.165, 1.54) is 23.5 Å². The van der Waals surface area contributed by atoms with Gasteiger partial charge in [0, 0.05) is 36.3 Å². The number of hydrogen-bond acceptors (Lipinski definition) is 5. The standard InChI is InChI=1S/C19H23N3O4S/c1-3-16-12(2)17(13-4-6-15(7-5-13)22(24)25)27-18(16)21-19(23)20-14-8-10-26-11-9-14/h4-7,14H,3,8-11H2,1-2H3,(H2,20,21,23). The lowest BCUT2D eigenvalue weighted by molar-refractivity contribution is -0.384. The molecule has 1 saturated heterocycles. The predicted octanol–water partition coefficient (Wildman–Crippen LogP) is 4.49. The molecule has 2 amide bonds. The third-order valence-corrected chi connectivity index (χ3v) is 6.05. The lowest BCUT2D eigenvalue weighted by atomic mass is 10.0. The van der Waals surface area contributed by atoms with Crippen LogP contribution in [0.1, 0.15) is 30.9 Å². The van der Waals surface area contributed by atoms with Gasteiger partial charge in [0.2, 0.25) is 0 Å². The van der Waals surface area contributed by atoms with Gasteiger partial charge in [-0.25, -0.2) is 4.79 Å². The van der Waals surface area contributed by atoms with E-state index in [9.17, 15) is 14.9 Å². The maximum Gasteiger partial charge on any atom is 0.320 e. The van der Waals surface area contributed by atoms with E-state index in [1.54, 1.807) is 12.1 Å². The van der Waals surface area contributed by atoms with Crippen molar-refractivity contribution in [3.63, 3.8) is 0 Å². The highest BCUT2D eigenvalue weighted by atomic mass is 32.1. The molecule has 0 saturated carbocycles. The van der Waals surface area contributed by atoms with Crippen molar-refractivity contribution in [3.8, 4) is 10.4 Å². The lowest BCUT2D eigenvalue weighted by Crippen LogP contribution is -2.41. The predicted molar refractivity (Wildman–Crippen MR) is 107 cm³/mol. The van der Waals surface area contributed by atoms with Crippen molar-refractivity contribution in [1.29, 1.82) is 0 Å². The Hall–Kier alpha value is -2.45. The van der Waals surface area contributed by atoms with Gasteiger partial charge in [0.15, 0.2) is 0 Å². The van der Waals surface area contributed by atoms with Crippen molar-refractivity contribution in [3.05, 3.63) is 45.5 Å². The number of hydrogen-bond donors (Lipinski definition) is 2. The maximum atomic E-state index is 12.4. The fraction of sp³-hybridized carbons (Fsp3) is 0.421. The largest absolute Gasteiger partial charge is 0.381 e. The van der Waals surface area contributed by atoms with Crippen molar-refractivity contribution in [1.82, 2.24) is 5.32 Å². The van der Waals surface area contributed by atoms with E-state index in [2.05, 4.69) is 17.6 Å². The smallest absolute Gasteiger partial charge is 0.320 e. The summed E-state index contributed by atoms with van der Waals surface area (Å²) in [5, 5.41) is 17.7. The van der Waals surface area contributed by atoms with Crippen LogP contribution >= 0.6 is 11.3 Å². The molecule has 144 valence electrons. The number of amides is 2. The molecule has 0 bridgehead atoms. The van der Waals surface area contributed by atoms with Gasteiger partial charge >= 0.3 is 6.03 Å². The summed E-state index contributed by atoms with van der Waals surface area (Å²) in [5.41, 5.74) is 3.17. The van der Waals surface area contributed by atoms with Crippen LogP contribution in [0.15, 0.2) is 24.3 Å². The Labute approximate surface area is 161 Å². The molecule has 1 fully saturated rings. The number of anilines is 1. The van der Waals surface area contributed by atoms with Gasteiger partial charge in [-0.2, -0.15) is 0 Å². The van der Waals surface area contributed by atoms with Gasteiger partial charge in [-0.1, -0.05) is 6.92 Å². The molecule has 1 aromatic carbocycles. The Kier molecular flexibility index (Phi) is 6.08. The highest BCUT2D eigenvalue weighted by Crippen LogP contribution is 2.40. The lowest BCUT2D eigenvalue weighted by Gasteiger charge is -2.23. The van der Waals surface area contributed by atoms with Crippen LogP contribution in [0.25, 0.3) is 10.4 Å². The third kappa shape index (κ3) is 4.45. The van der Waals surface area contributed by atoms with E-state index in [0.29, 0.717) is 13.2 Å². The average Bonchev–Trinajstić information content (AvgIpc) is 2.97. The number of benzene rings is 1. The zero-order valence-corrected chi connectivity index (χ0v) is 16.2. The van der Waals surface area contributed by atoms with E-state index in [4.69, 9.17) is 4.74 Å². The SMILES string of the molecule is CCc1c(NC(=O)NC2CCOCC2)sc(-c2ccc([N+](=O)[O-])cc2)c1C. The number of ether oxygens (including phenoxy) is 1. The first kappa shape index (κ1) is 19.3. The minimum atomic E-state index is -0.407. The molecule has 0 atom stereocenters. The van der Waals surface area contributed by atoms with Gasteiger partial charge in [-0.05, 0) is 55.0 Å². The molecule has 0 aliphatic carbocycles. The normalized spacial score (nSPS) is 14.7. The molecule has 0 radical (unpaired) electrons. The van der Waals surface area contributed by atoms with Crippen LogP contribution in [0.4, 0.5) is 15.5 Å². The number of non-ortho nitro benzene ring substituents is 1. The zero-order chi connectivity index (χ0) is 19.4. The van der Waals surface area contributed by atoms with Crippen LogP contribution in [0.5, 0.6) is 0 Å². The van der Waals surface area contributed by atoms with Gasteiger partial charge in [0.1, 0.15) is 5.00 Å². The Morgan fingerprint density at radius 3 is 2.56 bits per heavy atom. The Morgan fingerprint density at radius 1 is 1.30 bits per heavy atom. The van der Waals surface area contributed by atoms with Gasteiger partial charge in [0.25, 0.3) is 5.69 Å². The molecular weight excluding hydrogens is 366 g/mol. The summed E-state index contributed by atoms with van der Waals surface area (Å²) in [5.74, 6) is 0. The van der Waals surface area contributed by atoms with E-state index in [1.807, 2.05) is 6.92 Å². The summed E-state index contributed by atoms with van der Waals surface area (Å²) < 4.78 is 5.32. The van der Waals surface area contributed by atoms with E-state index in [-0.39, 0.29) is 17.8 Å². The van der Waals surface area contributed by atoms with Crippen LogP contribution in [0, 0.1) is 17.0 Å². The maximum absolute atomic E-state index is 12.4. The Balaban J connectivity index is 1.78. The molecule has 8 heteroatoms. The Bertz CT molecular complexity index is 826.